The molecule has 1 saturated carbocycles. The van der Waals surface area contributed by atoms with E-state index in [-0.39, 0.29) is 0 Å². The fourth-order valence-corrected chi connectivity index (χ4v) is 2.88. The summed E-state index contributed by atoms with van der Waals surface area (Å²) >= 11 is 0. The number of allylic oxidation sites excluding steroid dienone is 2. The predicted octanol–water partition coefficient (Wildman–Crippen LogP) is 3.49. The van der Waals surface area contributed by atoms with Crippen LogP contribution in [0.5, 0.6) is 0 Å². The van der Waals surface area contributed by atoms with Gasteiger partial charge in [-0.15, -0.1) is 0 Å². The minimum atomic E-state index is 0.386. The Balaban J connectivity index is 1.88. The van der Waals surface area contributed by atoms with Crippen LogP contribution < -0.4 is 0 Å². The molecular formula is C13H20O. The largest absolute Gasteiger partial charge is 0.299 e. The maximum Gasteiger partial charge on any atom is 0.140 e. The molecule has 0 bridgehead atoms. The fourth-order valence-electron chi connectivity index (χ4n) is 2.88. The van der Waals surface area contributed by atoms with E-state index in [4.69, 9.17) is 0 Å². The average Bonchev–Trinajstić information content (AvgIpc) is 2.75. The predicted molar refractivity (Wildman–Crippen MR) is 58.1 cm³/mol. The van der Waals surface area contributed by atoms with E-state index in [1.165, 1.54) is 37.7 Å². The Morgan fingerprint density at radius 1 is 1.43 bits per heavy atom. The van der Waals surface area contributed by atoms with Gasteiger partial charge in [0.2, 0.25) is 0 Å². The number of hydrogen-bond donors (Lipinski definition) is 0. The molecular weight excluding hydrogens is 172 g/mol. The van der Waals surface area contributed by atoms with E-state index in [1.807, 2.05) is 0 Å². The topological polar surface area (TPSA) is 17.1 Å². The molecule has 2 aliphatic rings. The third-order valence-electron chi connectivity index (χ3n) is 3.81. The number of Topliss-reactive ketones (excluding diaryl/α,β-unsaturated/α-hetero) is 1. The van der Waals surface area contributed by atoms with Gasteiger partial charge in [0.25, 0.3) is 0 Å². The monoisotopic (exact) mass is 192 g/mol. The minimum absolute atomic E-state index is 0.386. The number of hydrogen-bond acceptors (Lipinski definition) is 1. The van der Waals surface area contributed by atoms with Crippen molar-refractivity contribution in [2.45, 2.75) is 51.9 Å². The van der Waals surface area contributed by atoms with Gasteiger partial charge < -0.3 is 0 Å². The maximum absolute atomic E-state index is 12.0. The molecule has 1 heteroatoms. The Kier molecular flexibility index (Phi) is 3.05. The quantitative estimate of drug-likeness (QED) is 0.625. The van der Waals surface area contributed by atoms with Gasteiger partial charge in [0.05, 0.1) is 0 Å². The Labute approximate surface area is 86.6 Å². The highest BCUT2D eigenvalue weighted by Gasteiger charge is 2.29. The van der Waals surface area contributed by atoms with Crippen LogP contribution in [0.2, 0.25) is 0 Å². The van der Waals surface area contributed by atoms with Crippen molar-refractivity contribution >= 4 is 5.78 Å². The lowest BCUT2D eigenvalue weighted by Crippen LogP contribution is -2.17. The first-order valence-electron chi connectivity index (χ1n) is 5.98. The number of ketones is 1. The van der Waals surface area contributed by atoms with Gasteiger partial charge in [-0.2, -0.15) is 0 Å². The number of carbonyl (C=O) groups excluding carboxylic acids is 1. The van der Waals surface area contributed by atoms with Crippen molar-refractivity contribution in [1.29, 1.82) is 0 Å². The molecule has 1 fully saturated rings. The molecule has 2 unspecified atom stereocenters. The average molecular weight is 192 g/mol. The summed E-state index contributed by atoms with van der Waals surface area (Å²) < 4.78 is 0. The summed E-state index contributed by atoms with van der Waals surface area (Å²) in [4.78, 5) is 12.0. The summed E-state index contributed by atoms with van der Waals surface area (Å²) in [5.41, 5.74) is 1.41. The summed E-state index contributed by atoms with van der Waals surface area (Å²) in [5.74, 6) is 1.55. The molecule has 0 aromatic carbocycles. The van der Waals surface area contributed by atoms with Crippen molar-refractivity contribution in [2.24, 2.45) is 11.8 Å². The van der Waals surface area contributed by atoms with Crippen LogP contribution in [-0.4, -0.2) is 5.78 Å². The van der Waals surface area contributed by atoms with Gasteiger partial charge in [0.1, 0.15) is 5.78 Å². The van der Waals surface area contributed by atoms with E-state index >= 15 is 0 Å². The third-order valence-corrected chi connectivity index (χ3v) is 3.81. The molecule has 0 aromatic heterocycles. The van der Waals surface area contributed by atoms with Gasteiger partial charge in [-0.3, -0.25) is 4.79 Å². The molecule has 0 aliphatic heterocycles. The molecule has 2 aliphatic carbocycles. The lowest BCUT2D eigenvalue weighted by atomic mass is 9.90. The second-order valence-electron chi connectivity index (χ2n) is 4.91. The van der Waals surface area contributed by atoms with Gasteiger partial charge in [0, 0.05) is 12.3 Å². The third kappa shape index (κ3) is 2.08. The molecule has 2 atom stereocenters. The van der Waals surface area contributed by atoms with Crippen LogP contribution in [-0.2, 0) is 4.79 Å². The molecule has 1 nitrogen and oxygen atoms in total. The van der Waals surface area contributed by atoms with E-state index in [9.17, 15) is 4.79 Å². The van der Waals surface area contributed by atoms with Gasteiger partial charge >= 0.3 is 0 Å². The van der Waals surface area contributed by atoms with Crippen LogP contribution in [0.15, 0.2) is 11.6 Å². The highest BCUT2D eigenvalue weighted by Crippen LogP contribution is 2.34. The standard InChI is InChI=1S/C13H20O/c1-10-5-4-8-12(10)13(14)9-11-6-2-3-7-11/h6,10,12H,2-5,7-9H2,1H3. The van der Waals surface area contributed by atoms with Crippen molar-refractivity contribution in [3.8, 4) is 0 Å². The molecule has 0 heterocycles. The summed E-state index contributed by atoms with van der Waals surface area (Å²) in [6.07, 6.45) is 10.3. The van der Waals surface area contributed by atoms with Gasteiger partial charge in [-0.25, -0.2) is 0 Å². The Morgan fingerprint density at radius 3 is 2.86 bits per heavy atom. The smallest absolute Gasteiger partial charge is 0.140 e. The molecule has 0 aromatic rings. The Morgan fingerprint density at radius 2 is 2.29 bits per heavy atom. The van der Waals surface area contributed by atoms with Gasteiger partial charge in [-0.1, -0.05) is 25.0 Å². The molecule has 0 saturated heterocycles. The molecule has 2 rings (SSSR count). The summed E-state index contributed by atoms with van der Waals surface area (Å²) in [7, 11) is 0. The highest BCUT2D eigenvalue weighted by molar-refractivity contribution is 5.83. The van der Waals surface area contributed by atoms with Crippen molar-refractivity contribution in [3.05, 3.63) is 11.6 Å². The SMILES string of the molecule is CC1CCCC1C(=O)CC1=CCCC1. The van der Waals surface area contributed by atoms with Crippen LogP contribution >= 0.6 is 0 Å². The summed E-state index contributed by atoms with van der Waals surface area (Å²) in [6, 6.07) is 0. The van der Waals surface area contributed by atoms with E-state index in [0.717, 1.165) is 12.8 Å². The lowest BCUT2D eigenvalue weighted by Gasteiger charge is -2.13. The zero-order valence-electron chi connectivity index (χ0n) is 9.09. The normalized spacial score (nSPS) is 31.9. The van der Waals surface area contributed by atoms with Crippen LogP contribution in [0.25, 0.3) is 0 Å². The zero-order valence-corrected chi connectivity index (χ0v) is 9.09. The lowest BCUT2D eigenvalue weighted by molar-refractivity contribution is -0.123. The van der Waals surface area contributed by atoms with Crippen LogP contribution in [0.4, 0.5) is 0 Å². The zero-order chi connectivity index (χ0) is 9.97. The van der Waals surface area contributed by atoms with Crippen LogP contribution in [0.3, 0.4) is 0 Å². The maximum atomic E-state index is 12.0. The first-order chi connectivity index (χ1) is 6.77. The fraction of sp³-hybridized carbons (Fsp3) is 0.769. The van der Waals surface area contributed by atoms with E-state index in [1.54, 1.807) is 0 Å². The van der Waals surface area contributed by atoms with Crippen LogP contribution in [0, 0.1) is 11.8 Å². The van der Waals surface area contributed by atoms with Crippen molar-refractivity contribution < 1.29 is 4.79 Å². The summed E-state index contributed by atoms with van der Waals surface area (Å²) in [6.45, 7) is 2.23. The molecule has 14 heavy (non-hydrogen) atoms. The van der Waals surface area contributed by atoms with Crippen molar-refractivity contribution in [3.63, 3.8) is 0 Å². The highest BCUT2D eigenvalue weighted by atomic mass is 16.1. The Hall–Kier alpha value is -0.590. The van der Waals surface area contributed by atoms with Crippen LogP contribution in [0.1, 0.15) is 51.9 Å². The molecule has 0 spiro atoms. The van der Waals surface area contributed by atoms with Gasteiger partial charge in [-0.05, 0) is 38.0 Å². The molecule has 0 N–H and O–H groups in total. The summed E-state index contributed by atoms with van der Waals surface area (Å²) in [5, 5.41) is 0. The van der Waals surface area contributed by atoms with E-state index in [2.05, 4.69) is 13.0 Å². The van der Waals surface area contributed by atoms with Crippen molar-refractivity contribution in [2.75, 3.05) is 0 Å². The van der Waals surface area contributed by atoms with E-state index < -0.39 is 0 Å². The van der Waals surface area contributed by atoms with Crippen molar-refractivity contribution in [1.82, 2.24) is 0 Å². The second-order valence-corrected chi connectivity index (χ2v) is 4.91. The molecule has 78 valence electrons. The first-order valence-corrected chi connectivity index (χ1v) is 5.98. The molecule has 0 amide bonds. The van der Waals surface area contributed by atoms with E-state index in [0.29, 0.717) is 17.6 Å². The number of carbonyl (C=O) groups is 1. The number of rotatable bonds is 3. The molecule has 0 radical (unpaired) electrons. The Bertz CT molecular complexity index is 252. The minimum Gasteiger partial charge on any atom is -0.299 e. The van der Waals surface area contributed by atoms with Gasteiger partial charge in [0.15, 0.2) is 0 Å². The first kappa shape index (κ1) is 9.95. The second kappa shape index (κ2) is 4.29.